The Morgan fingerprint density at radius 3 is 2.65 bits per heavy atom. The van der Waals surface area contributed by atoms with Gasteiger partial charge in [-0.15, -0.1) is 23.1 Å². The first-order valence-corrected chi connectivity index (χ1v) is 9.25. The molecule has 2 heterocycles. The van der Waals surface area contributed by atoms with E-state index < -0.39 is 11.6 Å². The highest BCUT2D eigenvalue weighted by atomic mass is 32.2. The highest BCUT2D eigenvalue weighted by molar-refractivity contribution is 7.98. The Bertz CT molecular complexity index is 734. The zero-order valence-corrected chi connectivity index (χ0v) is 14.8. The first kappa shape index (κ1) is 16.1. The minimum absolute atomic E-state index is 0.268. The molecule has 3 rings (SSSR count). The van der Waals surface area contributed by atoms with E-state index in [1.54, 1.807) is 18.0 Å². The van der Waals surface area contributed by atoms with Crippen molar-refractivity contribution in [2.45, 2.75) is 31.0 Å². The average molecular weight is 347 g/mol. The van der Waals surface area contributed by atoms with Crippen LogP contribution in [0.25, 0.3) is 5.57 Å². The molecule has 1 aliphatic heterocycles. The van der Waals surface area contributed by atoms with Crippen molar-refractivity contribution in [2.24, 2.45) is 0 Å². The Labute approximate surface area is 143 Å². The average Bonchev–Trinajstić information content (AvgIpc) is 3.11. The van der Waals surface area contributed by atoms with Crippen LogP contribution in [0.2, 0.25) is 0 Å². The minimum atomic E-state index is -0.712. The Balaban J connectivity index is 1.95. The maximum absolute atomic E-state index is 12.2. The molecule has 0 N–H and O–H groups in total. The second-order valence-corrected chi connectivity index (χ2v) is 7.41. The predicted octanol–water partition coefficient (Wildman–Crippen LogP) is 4.13. The molecule has 6 heteroatoms. The number of rotatable bonds is 5. The molecule has 1 aromatic carbocycles. The van der Waals surface area contributed by atoms with Gasteiger partial charge in [0.25, 0.3) is 0 Å². The van der Waals surface area contributed by atoms with E-state index in [0.717, 1.165) is 16.1 Å². The highest BCUT2D eigenvalue weighted by Crippen LogP contribution is 2.40. The van der Waals surface area contributed by atoms with Crippen LogP contribution >= 0.6 is 23.1 Å². The summed E-state index contributed by atoms with van der Waals surface area (Å²) in [6.45, 7) is 4.02. The number of carbonyl (C=O) groups excluding carboxylic acids is 1. The number of ether oxygens (including phenoxy) is 2. The summed E-state index contributed by atoms with van der Waals surface area (Å²) in [4.78, 5) is 17.6. The summed E-state index contributed by atoms with van der Waals surface area (Å²) in [5.74, 6) is -0.141. The van der Waals surface area contributed by atoms with Gasteiger partial charge in [0.2, 0.25) is 5.76 Å². The van der Waals surface area contributed by atoms with Crippen molar-refractivity contribution in [3.8, 4) is 0 Å². The number of nitrogens with zero attached hydrogens (tertiary/aromatic N) is 1. The topological polar surface area (TPSA) is 48.4 Å². The summed E-state index contributed by atoms with van der Waals surface area (Å²) in [5.41, 5.74) is 1.01. The van der Waals surface area contributed by atoms with E-state index in [0.29, 0.717) is 0 Å². The van der Waals surface area contributed by atoms with Crippen molar-refractivity contribution in [2.75, 3.05) is 6.26 Å². The van der Waals surface area contributed by atoms with Gasteiger partial charge >= 0.3 is 5.97 Å². The Hall–Kier alpha value is -1.79. The number of aromatic nitrogens is 1. The Kier molecular flexibility index (Phi) is 4.46. The molecule has 0 radical (unpaired) electrons. The third kappa shape index (κ3) is 3.28. The van der Waals surface area contributed by atoms with Gasteiger partial charge in [0.1, 0.15) is 17.2 Å². The molecule has 4 nitrogen and oxygen atoms in total. The number of hydrogen-bond acceptors (Lipinski definition) is 6. The molecule has 0 unspecified atom stereocenters. The monoisotopic (exact) mass is 347 g/mol. The summed E-state index contributed by atoms with van der Waals surface area (Å²) in [6.07, 6.45) is 3.75. The van der Waals surface area contributed by atoms with Crippen molar-refractivity contribution in [1.82, 2.24) is 4.98 Å². The van der Waals surface area contributed by atoms with Crippen LogP contribution in [-0.4, -0.2) is 22.8 Å². The molecule has 2 aromatic rings. The van der Waals surface area contributed by atoms with E-state index in [2.05, 4.69) is 4.98 Å². The molecule has 0 atom stereocenters. The lowest BCUT2D eigenvalue weighted by Crippen LogP contribution is -2.22. The molecule has 0 fully saturated rings. The predicted molar refractivity (Wildman–Crippen MR) is 92.2 cm³/mol. The summed E-state index contributed by atoms with van der Waals surface area (Å²) in [7, 11) is 0. The quantitative estimate of drug-likeness (QED) is 0.601. The molecule has 1 aliphatic rings. The number of thiazole rings is 1. The standard InChI is InChI=1S/C17H17NO3S2/c1-17(2)14(11-4-6-12(22-3)7-5-11)15(16(19)21-17)20-10-13-18-8-9-23-13/h4-9H,10H2,1-3H3. The highest BCUT2D eigenvalue weighted by Gasteiger charge is 2.42. The zero-order chi connectivity index (χ0) is 16.4. The van der Waals surface area contributed by atoms with Gasteiger partial charge < -0.3 is 9.47 Å². The first-order chi connectivity index (χ1) is 11.0. The van der Waals surface area contributed by atoms with Gasteiger partial charge in [-0.3, -0.25) is 0 Å². The van der Waals surface area contributed by atoms with Crippen LogP contribution in [0.15, 0.2) is 46.5 Å². The van der Waals surface area contributed by atoms with E-state index in [4.69, 9.17) is 9.47 Å². The van der Waals surface area contributed by atoms with Crippen molar-refractivity contribution < 1.29 is 14.3 Å². The lowest BCUT2D eigenvalue weighted by atomic mass is 9.92. The molecule has 0 saturated heterocycles. The summed E-state index contributed by atoms with van der Waals surface area (Å²) in [6, 6.07) is 8.06. The maximum Gasteiger partial charge on any atom is 0.374 e. The van der Waals surface area contributed by atoms with Gasteiger partial charge in [0.15, 0.2) is 0 Å². The third-order valence-corrected chi connectivity index (χ3v) is 5.06. The van der Waals surface area contributed by atoms with Crippen molar-refractivity contribution in [3.63, 3.8) is 0 Å². The third-order valence-electron chi connectivity index (χ3n) is 3.56. The van der Waals surface area contributed by atoms with Crippen LogP contribution in [0, 0.1) is 0 Å². The van der Waals surface area contributed by atoms with E-state index in [-0.39, 0.29) is 12.4 Å². The largest absolute Gasteiger partial charge is 0.479 e. The van der Waals surface area contributed by atoms with E-state index in [1.165, 1.54) is 16.2 Å². The number of benzene rings is 1. The molecular weight excluding hydrogens is 330 g/mol. The van der Waals surface area contributed by atoms with Crippen LogP contribution in [0.3, 0.4) is 0 Å². The maximum atomic E-state index is 12.2. The van der Waals surface area contributed by atoms with E-state index in [1.807, 2.05) is 49.7 Å². The fourth-order valence-corrected chi connectivity index (χ4v) is 3.47. The number of hydrogen-bond donors (Lipinski definition) is 0. The van der Waals surface area contributed by atoms with Crippen LogP contribution in [0.1, 0.15) is 24.4 Å². The molecule has 0 amide bonds. The van der Waals surface area contributed by atoms with Crippen LogP contribution in [0.4, 0.5) is 0 Å². The molecule has 0 saturated carbocycles. The van der Waals surface area contributed by atoms with Gasteiger partial charge in [-0.2, -0.15) is 0 Å². The van der Waals surface area contributed by atoms with Gasteiger partial charge in [-0.25, -0.2) is 9.78 Å². The lowest BCUT2D eigenvalue weighted by Gasteiger charge is -2.21. The molecule has 0 aliphatic carbocycles. The molecule has 0 spiro atoms. The van der Waals surface area contributed by atoms with Crippen LogP contribution < -0.4 is 0 Å². The van der Waals surface area contributed by atoms with Gasteiger partial charge in [-0.05, 0) is 37.8 Å². The van der Waals surface area contributed by atoms with Crippen LogP contribution in [0.5, 0.6) is 0 Å². The number of carbonyl (C=O) groups is 1. The minimum Gasteiger partial charge on any atom is -0.479 e. The van der Waals surface area contributed by atoms with Crippen molar-refractivity contribution in [3.05, 3.63) is 52.2 Å². The summed E-state index contributed by atoms with van der Waals surface area (Å²) >= 11 is 3.17. The molecular formula is C17H17NO3S2. The Morgan fingerprint density at radius 2 is 2.04 bits per heavy atom. The Morgan fingerprint density at radius 1 is 1.30 bits per heavy atom. The first-order valence-electron chi connectivity index (χ1n) is 7.15. The van der Waals surface area contributed by atoms with E-state index >= 15 is 0 Å². The van der Waals surface area contributed by atoms with Gasteiger partial charge in [0.05, 0.1) is 5.57 Å². The summed E-state index contributed by atoms with van der Waals surface area (Å²) < 4.78 is 11.3. The van der Waals surface area contributed by atoms with Gasteiger partial charge in [-0.1, -0.05) is 12.1 Å². The van der Waals surface area contributed by atoms with Crippen LogP contribution in [-0.2, 0) is 20.9 Å². The van der Waals surface area contributed by atoms with E-state index in [9.17, 15) is 4.79 Å². The molecule has 1 aromatic heterocycles. The second kappa shape index (κ2) is 6.37. The second-order valence-electron chi connectivity index (χ2n) is 5.55. The van der Waals surface area contributed by atoms with Crippen molar-refractivity contribution >= 4 is 34.6 Å². The molecule has 23 heavy (non-hydrogen) atoms. The molecule has 120 valence electrons. The zero-order valence-electron chi connectivity index (χ0n) is 13.2. The SMILES string of the molecule is CSc1ccc(C2=C(OCc3nccs3)C(=O)OC2(C)C)cc1. The normalized spacial score (nSPS) is 16.6. The number of cyclic esters (lactones) is 1. The number of thioether (sulfide) groups is 1. The smallest absolute Gasteiger partial charge is 0.374 e. The fraction of sp³-hybridized carbons (Fsp3) is 0.294. The fourth-order valence-electron chi connectivity index (χ4n) is 2.53. The summed E-state index contributed by atoms with van der Waals surface area (Å²) in [5, 5.41) is 2.71. The number of esters is 1. The van der Waals surface area contributed by atoms with Crippen molar-refractivity contribution in [1.29, 1.82) is 0 Å². The molecule has 0 bridgehead atoms. The lowest BCUT2D eigenvalue weighted by molar-refractivity contribution is -0.147. The van der Waals surface area contributed by atoms with Gasteiger partial charge in [0, 0.05) is 16.5 Å².